The van der Waals surface area contributed by atoms with E-state index in [4.69, 9.17) is 42.1 Å². The fourth-order valence-corrected chi connectivity index (χ4v) is 3.50. The third-order valence-corrected chi connectivity index (χ3v) is 5.46. The summed E-state index contributed by atoms with van der Waals surface area (Å²) in [5.74, 6) is 0.255. The second kappa shape index (κ2) is 8.94. The van der Waals surface area contributed by atoms with Crippen LogP contribution in [0.2, 0.25) is 10.0 Å². The first-order chi connectivity index (χ1) is 15.4. The van der Waals surface area contributed by atoms with Gasteiger partial charge >= 0.3 is 5.97 Å². The van der Waals surface area contributed by atoms with Crippen molar-refractivity contribution in [1.29, 1.82) is 0 Å². The Kier molecular flexibility index (Phi) is 6.08. The number of carbonyl (C=O) groups excluding carboxylic acids is 2. The van der Waals surface area contributed by atoms with Crippen molar-refractivity contribution in [2.45, 2.75) is 0 Å². The first-order valence-corrected chi connectivity index (χ1v) is 10.1. The molecule has 1 aliphatic rings. The number of ketones is 1. The van der Waals surface area contributed by atoms with E-state index in [1.54, 1.807) is 42.5 Å². The van der Waals surface area contributed by atoms with Gasteiger partial charge in [-0.1, -0.05) is 35.3 Å². The smallest absolute Gasteiger partial charge is 0.351 e. The van der Waals surface area contributed by atoms with E-state index in [0.29, 0.717) is 32.7 Å². The molecule has 6 nitrogen and oxygen atoms in total. The number of benzene rings is 3. The van der Waals surface area contributed by atoms with Crippen molar-refractivity contribution in [3.63, 3.8) is 0 Å². The molecular formula is C24H16Cl2O6. The Labute approximate surface area is 193 Å². The summed E-state index contributed by atoms with van der Waals surface area (Å²) >= 11 is 12.0. The maximum Gasteiger partial charge on any atom is 0.351 e. The monoisotopic (exact) mass is 470 g/mol. The molecule has 8 heteroatoms. The van der Waals surface area contributed by atoms with Crippen LogP contribution in [0.3, 0.4) is 0 Å². The van der Waals surface area contributed by atoms with Gasteiger partial charge in [0.15, 0.2) is 5.76 Å². The number of rotatable bonds is 5. The summed E-state index contributed by atoms with van der Waals surface area (Å²) in [4.78, 5) is 25.5. The highest BCUT2D eigenvalue weighted by atomic mass is 35.5. The summed E-state index contributed by atoms with van der Waals surface area (Å²) < 4.78 is 21.7. The van der Waals surface area contributed by atoms with Crippen LogP contribution in [0.25, 0.3) is 6.08 Å². The summed E-state index contributed by atoms with van der Waals surface area (Å²) in [6.45, 7) is 0. The first kappa shape index (κ1) is 21.7. The van der Waals surface area contributed by atoms with E-state index in [-0.39, 0.29) is 28.6 Å². The van der Waals surface area contributed by atoms with Gasteiger partial charge in [-0.05, 0) is 48.0 Å². The van der Waals surface area contributed by atoms with Gasteiger partial charge in [-0.3, -0.25) is 4.79 Å². The van der Waals surface area contributed by atoms with Crippen LogP contribution >= 0.6 is 23.2 Å². The third-order valence-electron chi connectivity index (χ3n) is 4.73. The van der Waals surface area contributed by atoms with E-state index in [0.717, 1.165) is 0 Å². The molecule has 0 saturated carbocycles. The molecule has 1 heterocycles. The molecule has 3 aromatic rings. The van der Waals surface area contributed by atoms with Gasteiger partial charge in [-0.25, -0.2) is 4.79 Å². The largest absolute Gasteiger partial charge is 0.496 e. The SMILES string of the molecule is COc1cccc(OC)c1C(=O)Oc1ccc2c(c1)OC(=Cc1ccc(Cl)c(Cl)c1)C2=O. The molecular weight excluding hydrogens is 455 g/mol. The van der Waals surface area contributed by atoms with E-state index in [1.807, 2.05) is 0 Å². The minimum atomic E-state index is -0.671. The zero-order valence-corrected chi connectivity index (χ0v) is 18.5. The van der Waals surface area contributed by atoms with Crippen molar-refractivity contribution in [1.82, 2.24) is 0 Å². The van der Waals surface area contributed by atoms with Gasteiger partial charge in [0.25, 0.3) is 0 Å². The first-order valence-electron chi connectivity index (χ1n) is 9.37. The van der Waals surface area contributed by atoms with Crippen LogP contribution < -0.4 is 18.9 Å². The highest BCUT2D eigenvalue weighted by Crippen LogP contribution is 2.36. The van der Waals surface area contributed by atoms with Crippen LogP contribution in [0.1, 0.15) is 26.3 Å². The number of carbonyl (C=O) groups is 2. The van der Waals surface area contributed by atoms with E-state index >= 15 is 0 Å². The van der Waals surface area contributed by atoms with Crippen molar-refractivity contribution >= 4 is 41.0 Å². The molecule has 0 radical (unpaired) electrons. The fraction of sp³-hybridized carbons (Fsp3) is 0.0833. The van der Waals surface area contributed by atoms with Crippen molar-refractivity contribution in [3.05, 3.63) is 87.1 Å². The number of hydrogen-bond acceptors (Lipinski definition) is 6. The van der Waals surface area contributed by atoms with Crippen LogP contribution in [0.4, 0.5) is 0 Å². The normalized spacial score (nSPS) is 13.5. The molecule has 0 N–H and O–H groups in total. The van der Waals surface area contributed by atoms with Crippen molar-refractivity contribution < 1.29 is 28.5 Å². The maximum atomic E-state index is 12.8. The molecule has 0 aliphatic carbocycles. The number of allylic oxidation sites excluding steroid dienone is 1. The van der Waals surface area contributed by atoms with Gasteiger partial charge in [-0.2, -0.15) is 0 Å². The maximum absolute atomic E-state index is 12.8. The molecule has 0 amide bonds. The highest BCUT2D eigenvalue weighted by molar-refractivity contribution is 6.42. The van der Waals surface area contributed by atoms with Crippen LogP contribution in [0, 0.1) is 0 Å². The number of fused-ring (bicyclic) bond motifs is 1. The minimum Gasteiger partial charge on any atom is -0.496 e. The van der Waals surface area contributed by atoms with E-state index in [2.05, 4.69) is 0 Å². The number of ether oxygens (including phenoxy) is 4. The Bertz CT molecular complexity index is 1240. The van der Waals surface area contributed by atoms with Crippen LogP contribution in [0.15, 0.2) is 60.4 Å². The number of methoxy groups -OCH3 is 2. The molecule has 0 fully saturated rings. The third kappa shape index (κ3) is 4.15. The van der Waals surface area contributed by atoms with Crippen molar-refractivity contribution in [2.75, 3.05) is 14.2 Å². The summed E-state index contributed by atoms with van der Waals surface area (Å²) in [7, 11) is 2.89. The standard InChI is InChI=1S/C24H16Cl2O6/c1-29-18-4-3-5-19(30-2)22(18)24(28)31-14-7-8-15-20(12-14)32-21(23(15)27)11-13-6-9-16(25)17(26)10-13/h3-12H,1-2H3. The van der Waals surface area contributed by atoms with E-state index < -0.39 is 5.97 Å². The Morgan fingerprint density at radius 1 is 0.938 bits per heavy atom. The lowest BCUT2D eigenvalue weighted by atomic mass is 10.1. The van der Waals surface area contributed by atoms with Crippen molar-refractivity contribution in [2.24, 2.45) is 0 Å². The zero-order chi connectivity index (χ0) is 22.8. The van der Waals surface area contributed by atoms with Gasteiger partial charge in [0, 0.05) is 6.07 Å². The van der Waals surface area contributed by atoms with Gasteiger partial charge < -0.3 is 18.9 Å². The Balaban J connectivity index is 1.59. The minimum absolute atomic E-state index is 0.119. The van der Waals surface area contributed by atoms with Crippen LogP contribution in [0.5, 0.6) is 23.0 Å². The number of Topliss-reactive ketones (excluding diaryl/α,β-unsaturated/α-hetero) is 1. The van der Waals surface area contributed by atoms with E-state index in [1.165, 1.54) is 32.4 Å². The molecule has 0 bridgehead atoms. The molecule has 32 heavy (non-hydrogen) atoms. The number of halogens is 2. The topological polar surface area (TPSA) is 71.1 Å². The molecule has 3 aromatic carbocycles. The average Bonchev–Trinajstić information content (AvgIpc) is 3.10. The highest BCUT2D eigenvalue weighted by Gasteiger charge is 2.28. The molecule has 0 atom stereocenters. The van der Waals surface area contributed by atoms with Gasteiger partial charge in [-0.15, -0.1) is 0 Å². The molecule has 0 aromatic heterocycles. The quantitative estimate of drug-likeness (QED) is 0.264. The summed E-state index contributed by atoms with van der Waals surface area (Å²) in [6.07, 6.45) is 1.57. The Morgan fingerprint density at radius 2 is 1.66 bits per heavy atom. The molecule has 1 aliphatic heterocycles. The fourth-order valence-electron chi connectivity index (χ4n) is 3.19. The second-order valence-electron chi connectivity index (χ2n) is 6.70. The lowest BCUT2D eigenvalue weighted by Gasteiger charge is -2.12. The summed E-state index contributed by atoms with van der Waals surface area (Å²) in [6, 6.07) is 14.5. The number of hydrogen-bond donors (Lipinski definition) is 0. The summed E-state index contributed by atoms with van der Waals surface area (Å²) in [5.41, 5.74) is 1.16. The van der Waals surface area contributed by atoms with Gasteiger partial charge in [0.1, 0.15) is 28.6 Å². The van der Waals surface area contributed by atoms with Gasteiger partial charge in [0.2, 0.25) is 5.78 Å². The van der Waals surface area contributed by atoms with Gasteiger partial charge in [0.05, 0.1) is 29.8 Å². The van der Waals surface area contributed by atoms with Crippen LogP contribution in [-0.4, -0.2) is 26.0 Å². The Hall–Kier alpha value is -3.48. The van der Waals surface area contributed by atoms with E-state index in [9.17, 15) is 9.59 Å². The molecule has 0 unspecified atom stereocenters. The zero-order valence-electron chi connectivity index (χ0n) is 17.0. The molecule has 4 rings (SSSR count). The Morgan fingerprint density at radius 3 is 2.31 bits per heavy atom. The molecule has 0 spiro atoms. The lowest BCUT2D eigenvalue weighted by molar-refractivity contribution is 0.0727. The van der Waals surface area contributed by atoms with Crippen molar-refractivity contribution in [3.8, 4) is 23.0 Å². The lowest BCUT2D eigenvalue weighted by Crippen LogP contribution is -2.12. The number of esters is 1. The second-order valence-corrected chi connectivity index (χ2v) is 7.51. The van der Waals surface area contributed by atoms with Crippen LogP contribution in [-0.2, 0) is 0 Å². The molecule has 162 valence electrons. The average molecular weight is 471 g/mol. The summed E-state index contributed by atoms with van der Waals surface area (Å²) in [5, 5.41) is 0.777. The predicted octanol–water partition coefficient (Wildman–Crippen LogP) is 5.85. The molecule has 0 saturated heterocycles. The predicted molar refractivity (Wildman–Crippen MR) is 120 cm³/mol.